The van der Waals surface area contributed by atoms with Crippen molar-refractivity contribution in [2.24, 2.45) is 7.05 Å². The highest BCUT2D eigenvalue weighted by atomic mass is 16.4. The average Bonchev–Trinajstić information content (AvgIpc) is 3.18. The van der Waals surface area contributed by atoms with E-state index in [9.17, 15) is 9.59 Å². The number of furan rings is 1. The van der Waals surface area contributed by atoms with E-state index in [4.69, 9.17) is 4.42 Å². The lowest BCUT2D eigenvalue weighted by molar-refractivity contribution is 0.0825. The SMILES string of the molecule is CCN(CC)Cc1ccc(C(=O)NNC(=O)c2cccn2C)o1. The van der Waals surface area contributed by atoms with E-state index in [2.05, 4.69) is 29.6 Å². The summed E-state index contributed by atoms with van der Waals surface area (Å²) in [4.78, 5) is 26.1. The summed E-state index contributed by atoms with van der Waals surface area (Å²) in [6, 6.07) is 6.79. The quantitative estimate of drug-likeness (QED) is 0.792. The molecule has 2 heterocycles. The van der Waals surface area contributed by atoms with Crippen LogP contribution in [0.2, 0.25) is 0 Å². The van der Waals surface area contributed by atoms with Crippen molar-refractivity contribution in [3.8, 4) is 0 Å². The van der Waals surface area contributed by atoms with Gasteiger partial charge in [0, 0.05) is 13.2 Å². The molecule has 0 radical (unpaired) electrons. The molecule has 23 heavy (non-hydrogen) atoms. The number of carbonyl (C=O) groups is 2. The lowest BCUT2D eigenvalue weighted by Gasteiger charge is -2.15. The summed E-state index contributed by atoms with van der Waals surface area (Å²) in [6.45, 7) is 6.60. The zero-order chi connectivity index (χ0) is 16.8. The van der Waals surface area contributed by atoms with Crippen LogP contribution in [0.5, 0.6) is 0 Å². The third-order valence-corrected chi connectivity index (χ3v) is 3.63. The minimum Gasteiger partial charge on any atom is -0.454 e. The van der Waals surface area contributed by atoms with Gasteiger partial charge in [-0.05, 0) is 37.4 Å². The Morgan fingerprint density at radius 3 is 2.43 bits per heavy atom. The second kappa shape index (κ2) is 7.64. The molecule has 2 aromatic rings. The highest BCUT2D eigenvalue weighted by Crippen LogP contribution is 2.10. The molecule has 2 rings (SSSR count). The van der Waals surface area contributed by atoms with Crippen LogP contribution in [0, 0.1) is 0 Å². The van der Waals surface area contributed by atoms with Crippen LogP contribution in [0.3, 0.4) is 0 Å². The van der Waals surface area contributed by atoms with Gasteiger partial charge in [0.25, 0.3) is 5.91 Å². The molecule has 0 aliphatic rings. The van der Waals surface area contributed by atoms with E-state index in [1.165, 1.54) is 0 Å². The van der Waals surface area contributed by atoms with Gasteiger partial charge in [0.15, 0.2) is 5.76 Å². The van der Waals surface area contributed by atoms with Crippen LogP contribution in [0.15, 0.2) is 34.9 Å². The maximum absolute atomic E-state index is 12.0. The monoisotopic (exact) mass is 318 g/mol. The molecule has 7 heteroatoms. The molecule has 0 aliphatic carbocycles. The van der Waals surface area contributed by atoms with Crippen molar-refractivity contribution in [3.05, 3.63) is 47.7 Å². The first-order valence-electron chi connectivity index (χ1n) is 7.58. The number of rotatable bonds is 6. The smallest absolute Gasteiger partial charge is 0.305 e. The van der Waals surface area contributed by atoms with Gasteiger partial charge in [-0.2, -0.15) is 0 Å². The highest BCUT2D eigenvalue weighted by molar-refractivity contribution is 5.97. The fourth-order valence-electron chi connectivity index (χ4n) is 2.19. The van der Waals surface area contributed by atoms with Gasteiger partial charge in [-0.15, -0.1) is 0 Å². The first-order chi connectivity index (χ1) is 11.0. The Morgan fingerprint density at radius 2 is 1.83 bits per heavy atom. The van der Waals surface area contributed by atoms with E-state index in [0.717, 1.165) is 13.1 Å². The summed E-state index contributed by atoms with van der Waals surface area (Å²) in [7, 11) is 1.75. The highest BCUT2D eigenvalue weighted by Gasteiger charge is 2.14. The molecule has 0 aromatic carbocycles. The molecule has 0 saturated heterocycles. The zero-order valence-electron chi connectivity index (χ0n) is 13.6. The van der Waals surface area contributed by atoms with E-state index in [1.807, 2.05) is 0 Å². The second-order valence-corrected chi connectivity index (χ2v) is 5.14. The number of nitrogens with zero attached hydrogens (tertiary/aromatic N) is 2. The van der Waals surface area contributed by atoms with Gasteiger partial charge in [-0.3, -0.25) is 25.3 Å². The van der Waals surface area contributed by atoms with E-state index >= 15 is 0 Å². The van der Waals surface area contributed by atoms with Crippen LogP contribution < -0.4 is 10.9 Å². The Kier molecular flexibility index (Phi) is 5.59. The zero-order valence-corrected chi connectivity index (χ0v) is 13.6. The summed E-state index contributed by atoms with van der Waals surface area (Å²) in [5, 5.41) is 0. The Hall–Kier alpha value is -2.54. The van der Waals surface area contributed by atoms with Crippen LogP contribution in [0.25, 0.3) is 0 Å². The third-order valence-electron chi connectivity index (χ3n) is 3.63. The number of amides is 2. The standard InChI is InChI=1S/C16H22N4O3/c1-4-20(5-2)11-12-8-9-14(23-12)16(22)18-17-15(21)13-7-6-10-19(13)3/h6-10H,4-5,11H2,1-3H3,(H,17,21)(H,18,22). The Labute approximate surface area is 135 Å². The topological polar surface area (TPSA) is 79.5 Å². The number of hydrogen-bond acceptors (Lipinski definition) is 4. The van der Waals surface area contributed by atoms with Crippen LogP contribution in [-0.4, -0.2) is 34.4 Å². The largest absolute Gasteiger partial charge is 0.454 e. The minimum atomic E-state index is -0.488. The summed E-state index contributed by atoms with van der Waals surface area (Å²) in [6.07, 6.45) is 1.75. The van der Waals surface area contributed by atoms with E-state index < -0.39 is 5.91 Å². The van der Waals surface area contributed by atoms with Crippen molar-refractivity contribution in [1.82, 2.24) is 20.3 Å². The Morgan fingerprint density at radius 1 is 1.13 bits per heavy atom. The Balaban J connectivity index is 1.90. The van der Waals surface area contributed by atoms with Gasteiger partial charge in [-0.1, -0.05) is 13.8 Å². The number of aryl methyl sites for hydroxylation is 1. The molecule has 0 saturated carbocycles. The molecule has 0 unspecified atom stereocenters. The van der Waals surface area contributed by atoms with Crippen LogP contribution >= 0.6 is 0 Å². The molecule has 0 atom stereocenters. The summed E-state index contributed by atoms with van der Waals surface area (Å²) in [5.41, 5.74) is 5.17. The molecule has 124 valence electrons. The summed E-state index contributed by atoms with van der Waals surface area (Å²) in [5.74, 6) is 0.00563. The van der Waals surface area contributed by atoms with Crippen LogP contribution in [0.4, 0.5) is 0 Å². The maximum Gasteiger partial charge on any atom is 0.305 e. The summed E-state index contributed by atoms with van der Waals surface area (Å²) >= 11 is 0. The van der Waals surface area contributed by atoms with Crippen molar-refractivity contribution >= 4 is 11.8 Å². The van der Waals surface area contributed by atoms with Crippen LogP contribution in [-0.2, 0) is 13.6 Å². The molecule has 2 amide bonds. The van der Waals surface area contributed by atoms with Gasteiger partial charge in [0.05, 0.1) is 6.54 Å². The minimum absolute atomic E-state index is 0.166. The van der Waals surface area contributed by atoms with Crippen molar-refractivity contribution < 1.29 is 14.0 Å². The molecule has 2 N–H and O–H groups in total. The Bertz CT molecular complexity index is 670. The van der Waals surface area contributed by atoms with Crippen molar-refractivity contribution in [2.75, 3.05) is 13.1 Å². The fraction of sp³-hybridized carbons (Fsp3) is 0.375. The molecule has 0 fully saturated rings. The van der Waals surface area contributed by atoms with Crippen molar-refractivity contribution in [2.45, 2.75) is 20.4 Å². The average molecular weight is 318 g/mol. The van der Waals surface area contributed by atoms with Gasteiger partial charge in [0.1, 0.15) is 11.5 Å². The molecule has 0 bridgehead atoms. The molecular weight excluding hydrogens is 296 g/mol. The number of carbonyl (C=O) groups excluding carboxylic acids is 2. The van der Waals surface area contributed by atoms with Crippen LogP contribution in [0.1, 0.15) is 40.7 Å². The number of hydrazine groups is 1. The molecule has 2 aromatic heterocycles. The lowest BCUT2D eigenvalue weighted by Crippen LogP contribution is -2.42. The second-order valence-electron chi connectivity index (χ2n) is 5.14. The lowest BCUT2D eigenvalue weighted by atomic mass is 10.4. The van der Waals surface area contributed by atoms with Gasteiger partial charge < -0.3 is 8.98 Å². The first-order valence-corrected chi connectivity index (χ1v) is 7.58. The molecule has 7 nitrogen and oxygen atoms in total. The number of nitrogens with one attached hydrogen (secondary N) is 2. The third kappa shape index (κ3) is 4.23. The van der Waals surface area contributed by atoms with E-state index in [-0.39, 0.29) is 11.7 Å². The first kappa shape index (κ1) is 16.8. The fourth-order valence-corrected chi connectivity index (χ4v) is 2.19. The molecular formula is C16H22N4O3. The van der Waals surface area contributed by atoms with Gasteiger partial charge in [-0.25, -0.2) is 0 Å². The predicted octanol–water partition coefficient (Wildman–Crippen LogP) is 1.53. The van der Waals surface area contributed by atoms with E-state index in [1.54, 1.807) is 42.1 Å². The summed E-state index contributed by atoms with van der Waals surface area (Å²) < 4.78 is 7.18. The van der Waals surface area contributed by atoms with Crippen molar-refractivity contribution in [1.29, 1.82) is 0 Å². The van der Waals surface area contributed by atoms with Gasteiger partial charge >= 0.3 is 5.91 Å². The van der Waals surface area contributed by atoms with E-state index in [0.29, 0.717) is 18.0 Å². The number of hydrogen-bond donors (Lipinski definition) is 2. The molecule has 0 aliphatic heterocycles. The maximum atomic E-state index is 12.0. The van der Waals surface area contributed by atoms with Crippen molar-refractivity contribution in [3.63, 3.8) is 0 Å². The van der Waals surface area contributed by atoms with Gasteiger partial charge in [0.2, 0.25) is 0 Å². The molecule has 0 spiro atoms. The normalized spacial score (nSPS) is 10.8. The number of aromatic nitrogens is 1. The predicted molar refractivity (Wildman–Crippen MR) is 85.7 cm³/mol.